The first-order valence-electron chi connectivity index (χ1n) is 9.69. The Kier molecular flexibility index (Phi) is 4.70. The fraction of sp³-hybridized carbons (Fsp3) is 0.261. The molecule has 29 heavy (non-hydrogen) atoms. The largest absolute Gasteiger partial charge is 0.451 e. The van der Waals surface area contributed by atoms with Gasteiger partial charge in [-0.05, 0) is 43.5 Å². The molecule has 0 radical (unpaired) electrons. The van der Waals surface area contributed by atoms with E-state index in [1.165, 1.54) is 0 Å². The molecule has 0 saturated carbocycles. The molecule has 3 aromatic rings. The maximum absolute atomic E-state index is 12.7. The van der Waals surface area contributed by atoms with Gasteiger partial charge in [0.1, 0.15) is 5.58 Å². The van der Waals surface area contributed by atoms with Crippen LogP contribution in [0.5, 0.6) is 0 Å². The van der Waals surface area contributed by atoms with E-state index in [2.05, 4.69) is 10.6 Å². The summed E-state index contributed by atoms with van der Waals surface area (Å²) in [6.07, 6.45) is 1.40. The fourth-order valence-corrected chi connectivity index (χ4v) is 4.02. The summed E-state index contributed by atoms with van der Waals surface area (Å²) in [7, 11) is 0. The Hall–Kier alpha value is -3.41. The number of fused-ring (bicyclic) bond motifs is 1. The summed E-state index contributed by atoms with van der Waals surface area (Å²) in [6.45, 7) is 3.80. The van der Waals surface area contributed by atoms with Gasteiger partial charge in [-0.1, -0.05) is 37.3 Å². The van der Waals surface area contributed by atoms with Gasteiger partial charge in [-0.2, -0.15) is 0 Å². The van der Waals surface area contributed by atoms with Gasteiger partial charge < -0.3 is 9.73 Å². The van der Waals surface area contributed by atoms with Crippen LogP contribution in [-0.4, -0.2) is 17.7 Å². The van der Waals surface area contributed by atoms with Gasteiger partial charge in [-0.25, -0.2) is 0 Å². The van der Waals surface area contributed by atoms with E-state index in [9.17, 15) is 14.4 Å². The second kappa shape index (κ2) is 7.20. The molecule has 1 aliphatic rings. The number of imide groups is 1. The van der Waals surface area contributed by atoms with Crippen molar-refractivity contribution in [3.63, 3.8) is 0 Å². The van der Waals surface area contributed by atoms with Gasteiger partial charge >= 0.3 is 0 Å². The number of hydrogen-bond acceptors (Lipinski definition) is 4. The van der Waals surface area contributed by atoms with Gasteiger partial charge in [0.2, 0.25) is 11.8 Å². The maximum atomic E-state index is 12.7. The Morgan fingerprint density at radius 1 is 1.14 bits per heavy atom. The van der Waals surface area contributed by atoms with Crippen LogP contribution >= 0.6 is 0 Å². The lowest BCUT2D eigenvalue weighted by Crippen LogP contribution is -2.51. The summed E-state index contributed by atoms with van der Waals surface area (Å²) in [6, 6.07) is 14.7. The summed E-state index contributed by atoms with van der Waals surface area (Å²) in [5, 5.41) is 6.21. The second-order valence-corrected chi connectivity index (χ2v) is 7.40. The maximum Gasteiger partial charge on any atom is 0.291 e. The van der Waals surface area contributed by atoms with Crippen molar-refractivity contribution in [3.05, 3.63) is 65.4 Å². The highest BCUT2D eigenvalue weighted by Crippen LogP contribution is 2.36. The first-order valence-corrected chi connectivity index (χ1v) is 9.69. The van der Waals surface area contributed by atoms with E-state index in [-0.39, 0.29) is 23.5 Å². The molecule has 6 heteroatoms. The van der Waals surface area contributed by atoms with Gasteiger partial charge in [0.05, 0.1) is 5.41 Å². The van der Waals surface area contributed by atoms with Crippen molar-refractivity contribution in [2.75, 3.05) is 5.32 Å². The van der Waals surface area contributed by atoms with Gasteiger partial charge in [-0.3, -0.25) is 19.7 Å². The molecule has 2 aromatic carbocycles. The van der Waals surface area contributed by atoms with Crippen molar-refractivity contribution in [3.8, 4) is 0 Å². The number of anilines is 1. The number of rotatable bonds is 4. The fourth-order valence-electron chi connectivity index (χ4n) is 4.02. The van der Waals surface area contributed by atoms with Crippen LogP contribution in [0.25, 0.3) is 11.0 Å². The van der Waals surface area contributed by atoms with Crippen LogP contribution in [-0.2, 0) is 15.0 Å². The van der Waals surface area contributed by atoms with Crippen LogP contribution < -0.4 is 10.6 Å². The monoisotopic (exact) mass is 390 g/mol. The number of carbonyl (C=O) groups excluding carboxylic acids is 3. The minimum Gasteiger partial charge on any atom is -0.451 e. The van der Waals surface area contributed by atoms with Crippen LogP contribution in [0.3, 0.4) is 0 Å². The van der Waals surface area contributed by atoms with Crippen LogP contribution in [0.15, 0.2) is 52.9 Å². The molecule has 2 N–H and O–H groups in total. The molecule has 1 saturated heterocycles. The Morgan fingerprint density at radius 2 is 1.86 bits per heavy atom. The molecule has 2 heterocycles. The first-order chi connectivity index (χ1) is 13.9. The Labute approximate surface area is 168 Å². The molecule has 0 bridgehead atoms. The zero-order chi connectivity index (χ0) is 20.6. The average molecular weight is 390 g/mol. The van der Waals surface area contributed by atoms with Crippen molar-refractivity contribution in [1.82, 2.24) is 5.32 Å². The number of carbonyl (C=O) groups is 3. The van der Waals surface area contributed by atoms with Crippen LogP contribution in [0.4, 0.5) is 5.69 Å². The third-order valence-corrected chi connectivity index (χ3v) is 5.82. The molecule has 4 rings (SSSR count). The highest BCUT2D eigenvalue weighted by atomic mass is 16.3. The molecule has 0 spiro atoms. The summed E-state index contributed by atoms with van der Waals surface area (Å²) in [5.74, 6) is -0.529. The minimum absolute atomic E-state index is 0.232. The summed E-state index contributed by atoms with van der Waals surface area (Å²) < 4.78 is 5.71. The van der Waals surface area contributed by atoms with Gasteiger partial charge in [-0.15, -0.1) is 0 Å². The van der Waals surface area contributed by atoms with E-state index < -0.39 is 5.41 Å². The summed E-state index contributed by atoms with van der Waals surface area (Å²) >= 11 is 0. The number of piperidine rings is 1. The molecular weight excluding hydrogens is 368 g/mol. The molecular formula is C23H22N2O4. The third kappa shape index (κ3) is 3.20. The van der Waals surface area contributed by atoms with Crippen molar-refractivity contribution < 1.29 is 18.8 Å². The number of hydrogen-bond donors (Lipinski definition) is 2. The molecule has 1 aliphatic heterocycles. The quantitative estimate of drug-likeness (QED) is 0.657. The number of amides is 3. The predicted octanol–water partition coefficient (Wildman–Crippen LogP) is 4.08. The summed E-state index contributed by atoms with van der Waals surface area (Å²) in [4.78, 5) is 36.7. The molecule has 1 atom stereocenters. The Balaban J connectivity index is 1.56. The molecule has 6 nitrogen and oxygen atoms in total. The normalized spacial score (nSPS) is 19.2. The van der Waals surface area contributed by atoms with Crippen LogP contribution in [0.2, 0.25) is 0 Å². The third-order valence-electron chi connectivity index (χ3n) is 5.82. The smallest absolute Gasteiger partial charge is 0.291 e. The van der Waals surface area contributed by atoms with E-state index in [4.69, 9.17) is 4.42 Å². The SMILES string of the molecule is CCC1(c2ccc(NC(=O)c3oc4ccccc4c3C)cc2)CCC(=O)NC1=O. The number of nitrogens with one attached hydrogen (secondary N) is 2. The Bertz CT molecular complexity index is 1110. The molecule has 0 aliphatic carbocycles. The van der Waals surface area contributed by atoms with Gasteiger partial charge in [0.25, 0.3) is 5.91 Å². The molecule has 1 fully saturated rings. The topological polar surface area (TPSA) is 88.4 Å². The number of furan rings is 1. The standard InChI is InChI=1S/C23H22N2O4/c1-3-23(13-12-19(26)25-22(23)28)15-8-10-16(11-9-15)24-21(27)20-14(2)17-6-4-5-7-18(17)29-20/h4-11H,3,12-13H2,1-2H3,(H,24,27)(H,25,26,28). The van der Waals surface area contributed by atoms with Crippen molar-refractivity contribution in [2.45, 2.75) is 38.5 Å². The van der Waals surface area contributed by atoms with Crippen LogP contribution in [0, 0.1) is 6.92 Å². The number of aryl methyl sites for hydroxylation is 1. The molecule has 1 unspecified atom stereocenters. The van der Waals surface area contributed by atoms with Crippen molar-refractivity contribution in [2.24, 2.45) is 0 Å². The van der Waals surface area contributed by atoms with Gasteiger partial charge in [0.15, 0.2) is 5.76 Å². The lowest BCUT2D eigenvalue weighted by Gasteiger charge is -2.35. The lowest BCUT2D eigenvalue weighted by atomic mass is 9.72. The average Bonchev–Trinajstić information content (AvgIpc) is 3.06. The van der Waals surface area contributed by atoms with Gasteiger partial charge in [0, 0.05) is 23.1 Å². The predicted molar refractivity (Wildman–Crippen MR) is 110 cm³/mol. The summed E-state index contributed by atoms with van der Waals surface area (Å²) in [5.41, 5.74) is 2.20. The number of benzene rings is 2. The van der Waals surface area contributed by atoms with E-state index in [1.54, 1.807) is 12.1 Å². The molecule has 3 amide bonds. The van der Waals surface area contributed by atoms with Crippen LogP contribution in [0.1, 0.15) is 47.9 Å². The molecule has 1 aromatic heterocycles. The second-order valence-electron chi connectivity index (χ2n) is 7.40. The minimum atomic E-state index is -0.716. The lowest BCUT2D eigenvalue weighted by molar-refractivity contribution is -0.138. The van der Waals surface area contributed by atoms with E-state index in [0.29, 0.717) is 30.5 Å². The zero-order valence-corrected chi connectivity index (χ0v) is 16.4. The van der Waals surface area contributed by atoms with Crippen molar-refractivity contribution in [1.29, 1.82) is 0 Å². The highest BCUT2D eigenvalue weighted by molar-refractivity contribution is 6.06. The van der Waals surface area contributed by atoms with E-state index in [0.717, 1.165) is 16.5 Å². The van der Waals surface area contributed by atoms with E-state index in [1.807, 2.05) is 50.2 Å². The zero-order valence-electron chi connectivity index (χ0n) is 16.4. The molecule has 148 valence electrons. The first kappa shape index (κ1) is 18.9. The van der Waals surface area contributed by atoms with Crippen molar-refractivity contribution >= 4 is 34.4 Å². The Morgan fingerprint density at radius 3 is 2.52 bits per heavy atom. The number of para-hydroxylation sites is 1. The van der Waals surface area contributed by atoms with E-state index >= 15 is 0 Å². The highest BCUT2D eigenvalue weighted by Gasteiger charge is 2.42.